The van der Waals surface area contributed by atoms with Gasteiger partial charge in [-0.1, -0.05) is 27.8 Å². The van der Waals surface area contributed by atoms with Gasteiger partial charge in [0.25, 0.3) is 0 Å². The molecule has 0 fully saturated rings. The highest BCUT2D eigenvalue weighted by molar-refractivity contribution is 9.10. The maximum atomic E-state index is 8.56. The summed E-state index contributed by atoms with van der Waals surface area (Å²) in [6.07, 6.45) is 2.55. The van der Waals surface area contributed by atoms with Gasteiger partial charge in [-0.15, -0.1) is 0 Å². The van der Waals surface area contributed by atoms with Gasteiger partial charge in [-0.3, -0.25) is 0 Å². The van der Waals surface area contributed by atoms with Crippen LogP contribution >= 0.6 is 15.9 Å². The van der Waals surface area contributed by atoms with Crippen LogP contribution in [0.25, 0.3) is 0 Å². The third-order valence-corrected chi connectivity index (χ3v) is 2.44. The average molecular weight is 277 g/mol. The van der Waals surface area contributed by atoms with Gasteiger partial charge in [0.1, 0.15) is 0 Å². The first-order valence-electron chi connectivity index (χ1n) is 5.18. The van der Waals surface area contributed by atoms with Gasteiger partial charge in [0.15, 0.2) is 0 Å². The van der Waals surface area contributed by atoms with Crippen LogP contribution in [0.3, 0.4) is 0 Å². The fraction of sp³-hybridized carbons (Fsp3) is 0.286. The fourth-order valence-electron chi connectivity index (χ4n) is 1.07. The normalized spacial score (nSPS) is 8.62. The molecule has 0 spiro atoms. The molecule has 1 N–H and O–H groups in total. The molecule has 0 saturated heterocycles. The van der Waals surface area contributed by atoms with Crippen LogP contribution in [0, 0.1) is 23.7 Å². The number of aliphatic hydroxyl groups is 1. The first-order chi connectivity index (χ1) is 7.83. The largest absolute Gasteiger partial charge is 0.396 e. The van der Waals surface area contributed by atoms with E-state index in [1.54, 1.807) is 0 Å². The van der Waals surface area contributed by atoms with Gasteiger partial charge < -0.3 is 5.11 Å². The van der Waals surface area contributed by atoms with Gasteiger partial charge in [0.2, 0.25) is 0 Å². The molecule has 16 heavy (non-hydrogen) atoms. The minimum absolute atomic E-state index is 0.242. The van der Waals surface area contributed by atoms with E-state index in [2.05, 4.69) is 39.6 Å². The van der Waals surface area contributed by atoms with Gasteiger partial charge in [-0.2, -0.15) is 0 Å². The number of hydrogen-bond acceptors (Lipinski definition) is 1. The SMILES string of the molecule is OCCCCC#CC#Cc1ccc(Br)cc1. The molecule has 0 atom stereocenters. The molecule has 1 rings (SSSR count). The molecule has 0 amide bonds. The molecule has 2 heteroatoms. The Hall–Kier alpha value is -1.22. The van der Waals surface area contributed by atoms with Crippen molar-refractivity contribution in [2.75, 3.05) is 6.61 Å². The second-order valence-electron chi connectivity index (χ2n) is 3.24. The Morgan fingerprint density at radius 1 is 1.06 bits per heavy atom. The molecule has 1 nitrogen and oxygen atoms in total. The number of halogens is 1. The molecule has 0 saturated carbocycles. The topological polar surface area (TPSA) is 20.2 Å². The lowest BCUT2D eigenvalue weighted by atomic mass is 10.2. The summed E-state index contributed by atoms with van der Waals surface area (Å²) in [6, 6.07) is 7.81. The third kappa shape index (κ3) is 5.61. The zero-order valence-corrected chi connectivity index (χ0v) is 10.5. The van der Waals surface area contributed by atoms with Crippen molar-refractivity contribution < 1.29 is 5.11 Å². The average Bonchev–Trinajstić information content (AvgIpc) is 2.30. The lowest BCUT2D eigenvalue weighted by Gasteiger charge is -1.88. The fourth-order valence-corrected chi connectivity index (χ4v) is 1.33. The quantitative estimate of drug-likeness (QED) is 0.665. The van der Waals surface area contributed by atoms with Crippen molar-refractivity contribution in [3.63, 3.8) is 0 Å². The summed E-state index contributed by atoms with van der Waals surface area (Å²) in [5, 5.41) is 8.56. The standard InChI is InChI=1S/C14H13BrO/c15-14-10-8-13(9-11-14)7-5-3-1-2-4-6-12-16/h8-11,16H,2,4,6,12H2. The van der Waals surface area contributed by atoms with E-state index in [0.717, 1.165) is 29.3 Å². The van der Waals surface area contributed by atoms with Crippen molar-refractivity contribution >= 4 is 15.9 Å². The van der Waals surface area contributed by atoms with E-state index in [4.69, 9.17) is 5.11 Å². The number of aliphatic hydroxyl groups excluding tert-OH is 1. The molecular weight excluding hydrogens is 264 g/mol. The Morgan fingerprint density at radius 3 is 2.50 bits per heavy atom. The highest BCUT2D eigenvalue weighted by atomic mass is 79.9. The molecule has 0 aliphatic rings. The Bertz CT molecular complexity index is 426. The minimum Gasteiger partial charge on any atom is -0.396 e. The van der Waals surface area contributed by atoms with E-state index < -0.39 is 0 Å². The second kappa shape index (κ2) is 7.99. The molecule has 0 heterocycles. The molecule has 1 aromatic rings. The number of unbranched alkanes of at least 4 members (excludes halogenated alkanes) is 2. The van der Waals surface area contributed by atoms with Crippen LogP contribution in [0.4, 0.5) is 0 Å². The monoisotopic (exact) mass is 276 g/mol. The number of rotatable bonds is 3. The number of hydrogen-bond donors (Lipinski definition) is 1. The summed E-state index contributed by atoms with van der Waals surface area (Å²) in [5.74, 6) is 11.5. The first kappa shape index (κ1) is 12.8. The second-order valence-corrected chi connectivity index (χ2v) is 4.16. The third-order valence-electron chi connectivity index (χ3n) is 1.91. The van der Waals surface area contributed by atoms with Crippen molar-refractivity contribution in [2.24, 2.45) is 0 Å². The van der Waals surface area contributed by atoms with Crippen LogP contribution in [0.5, 0.6) is 0 Å². The van der Waals surface area contributed by atoms with Gasteiger partial charge in [0.05, 0.1) is 0 Å². The van der Waals surface area contributed by atoms with Crippen molar-refractivity contribution in [3.8, 4) is 23.7 Å². The Balaban J connectivity index is 2.39. The van der Waals surface area contributed by atoms with E-state index in [-0.39, 0.29) is 6.61 Å². The summed E-state index contributed by atoms with van der Waals surface area (Å²) < 4.78 is 1.05. The zero-order valence-electron chi connectivity index (χ0n) is 8.96. The highest BCUT2D eigenvalue weighted by Crippen LogP contribution is 2.09. The number of benzene rings is 1. The van der Waals surface area contributed by atoms with Gasteiger partial charge >= 0.3 is 0 Å². The summed E-state index contributed by atoms with van der Waals surface area (Å²) in [6.45, 7) is 0.242. The smallest absolute Gasteiger partial charge is 0.0431 e. The maximum absolute atomic E-state index is 8.56. The Morgan fingerprint density at radius 2 is 1.81 bits per heavy atom. The summed E-state index contributed by atoms with van der Waals surface area (Å²) in [7, 11) is 0. The molecule has 1 aromatic carbocycles. The molecule has 0 aliphatic carbocycles. The van der Waals surface area contributed by atoms with Crippen LogP contribution < -0.4 is 0 Å². The Kier molecular flexibility index (Phi) is 6.42. The maximum Gasteiger partial charge on any atom is 0.0431 e. The van der Waals surface area contributed by atoms with E-state index in [1.807, 2.05) is 24.3 Å². The van der Waals surface area contributed by atoms with Crippen LogP contribution in [-0.2, 0) is 0 Å². The van der Waals surface area contributed by atoms with Crippen molar-refractivity contribution in [3.05, 3.63) is 34.3 Å². The van der Waals surface area contributed by atoms with Crippen LogP contribution in [0.15, 0.2) is 28.7 Å². The molecule has 0 aliphatic heterocycles. The van der Waals surface area contributed by atoms with Crippen molar-refractivity contribution in [1.82, 2.24) is 0 Å². The summed E-state index contributed by atoms with van der Waals surface area (Å²) in [5.41, 5.74) is 0.966. The first-order valence-corrected chi connectivity index (χ1v) is 5.97. The van der Waals surface area contributed by atoms with Crippen LogP contribution in [0.2, 0.25) is 0 Å². The van der Waals surface area contributed by atoms with Crippen molar-refractivity contribution in [2.45, 2.75) is 19.3 Å². The van der Waals surface area contributed by atoms with E-state index >= 15 is 0 Å². The molecular formula is C14H13BrO. The Labute approximate surface area is 105 Å². The zero-order chi connectivity index (χ0) is 11.6. The minimum atomic E-state index is 0.242. The lowest BCUT2D eigenvalue weighted by Crippen LogP contribution is -1.80. The molecule has 0 unspecified atom stereocenters. The molecule has 0 bridgehead atoms. The van der Waals surface area contributed by atoms with Gasteiger partial charge in [-0.05, 0) is 48.9 Å². The summed E-state index contributed by atoms with van der Waals surface area (Å²) in [4.78, 5) is 0. The van der Waals surface area contributed by atoms with E-state index in [9.17, 15) is 0 Å². The van der Waals surface area contributed by atoms with Crippen molar-refractivity contribution in [1.29, 1.82) is 0 Å². The molecule has 0 radical (unpaired) electrons. The highest BCUT2D eigenvalue weighted by Gasteiger charge is 1.85. The van der Waals surface area contributed by atoms with Crippen LogP contribution in [-0.4, -0.2) is 11.7 Å². The van der Waals surface area contributed by atoms with Gasteiger partial charge in [0, 0.05) is 23.1 Å². The predicted octanol–water partition coefficient (Wildman–Crippen LogP) is 2.97. The lowest BCUT2D eigenvalue weighted by molar-refractivity contribution is 0.285. The molecule has 0 aromatic heterocycles. The predicted molar refractivity (Wildman–Crippen MR) is 69.7 cm³/mol. The summed E-state index contributed by atoms with van der Waals surface area (Å²) >= 11 is 3.37. The van der Waals surface area contributed by atoms with E-state index in [1.165, 1.54) is 0 Å². The van der Waals surface area contributed by atoms with Gasteiger partial charge in [-0.25, -0.2) is 0 Å². The van der Waals surface area contributed by atoms with E-state index in [0.29, 0.717) is 0 Å². The van der Waals surface area contributed by atoms with Crippen LogP contribution in [0.1, 0.15) is 24.8 Å². The molecule has 82 valence electrons.